The first kappa shape index (κ1) is 13.7. The Morgan fingerprint density at radius 1 is 1.52 bits per heavy atom. The van der Waals surface area contributed by atoms with Crippen molar-refractivity contribution < 1.29 is 14.6 Å². The average Bonchev–Trinajstić information content (AvgIpc) is 3.11. The molecule has 8 heteroatoms. The number of aromatic carboxylic acids is 1. The Bertz CT molecular complexity index is 663. The van der Waals surface area contributed by atoms with Crippen molar-refractivity contribution >= 4 is 5.97 Å². The lowest BCUT2D eigenvalue weighted by atomic mass is 10.2. The molecule has 0 bridgehead atoms. The Balaban J connectivity index is 1.97. The van der Waals surface area contributed by atoms with Gasteiger partial charge < -0.3 is 14.4 Å². The van der Waals surface area contributed by atoms with E-state index >= 15 is 0 Å². The number of nitrogens with zero attached hydrogens (tertiary/aromatic N) is 5. The summed E-state index contributed by atoms with van der Waals surface area (Å²) in [6.07, 6.45) is 5.44. The molecular weight excluding hydrogens is 274 g/mol. The predicted molar refractivity (Wildman–Crippen MR) is 72.8 cm³/mol. The summed E-state index contributed by atoms with van der Waals surface area (Å²) in [5, 5.41) is 17.1. The third-order valence-electron chi connectivity index (χ3n) is 3.69. The summed E-state index contributed by atoms with van der Waals surface area (Å²) in [6.45, 7) is 2.52. The highest BCUT2D eigenvalue weighted by molar-refractivity contribution is 5.92. The minimum Gasteiger partial charge on any atom is -0.476 e. The molecule has 0 radical (unpaired) electrons. The van der Waals surface area contributed by atoms with Crippen LogP contribution < -0.4 is 0 Å². The number of carboxylic acids is 1. The van der Waals surface area contributed by atoms with Crippen LogP contribution >= 0.6 is 0 Å². The lowest BCUT2D eigenvalue weighted by Gasteiger charge is -2.13. The van der Waals surface area contributed by atoms with E-state index in [4.69, 9.17) is 4.74 Å². The standard InChI is InChI=1S/C13H17N5O3/c1-8-3-4-9(21-8)6-18-12(10-5-14-7-17(10)2)11(13(19)20)15-16-18/h5,7-9H,3-4,6H2,1-2H3,(H,19,20). The van der Waals surface area contributed by atoms with E-state index in [0.717, 1.165) is 12.8 Å². The molecule has 3 heterocycles. The fourth-order valence-corrected chi connectivity index (χ4v) is 2.64. The van der Waals surface area contributed by atoms with Crippen LogP contribution in [0.5, 0.6) is 0 Å². The molecule has 2 atom stereocenters. The highest BCUT2D eigenvalue weighted by Gasteiger charge is 2.27. The van der Waals surface area contributed by atoms with Crippen molar-refractivity contribution in [3.8, 4) is 11.4 Å². The van der Waals surface area contributed by atoms with Crippen molar-refractivity contribution in [2.75, 3.05) is 0 Å². The fraction of sp³-hybridized carbons (Fsp3) is 0.538. The van der Waals surface area contributed by atoms with Crippen molar-refractivity contribution in [2.24, 2.45) is 7.05 Å². The first-order valence-corrected chi connectivity index (χ1v) is 6.85. The number of carboxylic acid groups (broad SMARTS) is 1. The topological polar surface area (TPSA) is 95.1 Å². The van der Waals surface area contributed by atoms with Gasteiger partial charge in [-0.2, -0.15) is 0 Å². The number of ether oxygens (including phenoxy) is 1. The number of aryl methyl sites for hydroxylation is 1. The molecule has 3 rings (SSSR count). The Kier molecular flexibility index (Phi) is 3.46. The Hall–Kier alpha value is -2.22. The van der Waals surface area contributed by atoms with Gasteiger partial charge in [-0.15, -0.1) is 5.10 Å². The average molecular weight is 291 g/mol. The van der Waals surface area contributed by atoms with Crippen LogP contribution in [-0.4, -0.2) is 47.8 Å². The molecule has 0 spiro atoms. The maximum atomic E-state index is 11.4. The zero-order valence-electron chi connectivity index (χ0n) is 11.9. The minimum absolute atomic E-state index is 0.0373. The lowest BCUT2D eigenvalue weighted by molar-refractivity contribution is 0.0436. The number of hydrogen-bond acceptors (Lipinski definition) is 5. The third kappa shape index (κ3) is 2.54. The molecule has 2 unspecified atom stereocenters. The number of rotatable bonds is 4. The van der Waals surface area contributed by atoms with Crippen LogP contribution in [0.4, 0.5) is 0 Å². The van der Waals surface area contributed by atoms with Crippen LogP contribution in [0.25, 0.3) is 11.4 Å². The number of carbonyl (C=O) groups is 1. The summed E-state index contributed by atoms with van der Waals surface area (Å²) in [5.41, 5.74) is 1.07. The molecular formula is C13H17N5O3. The van der Waals surface area contributed by atoms with Gasteiger partial charge in [0.25, 0.3) is 0 Å². The van der Waals surface area contributed by atoms with Gasteiger partial charge in [0.05, 0.1) is 37.0 Å². The molecule has 1 aliphatic heterocycles. The van der Waals surface area contributed by atoms with Crippen molar-refractivity contribution in [3.05, 3.63) is 18.2 Å². The molecule has 112 valence electrons. The van der Waals surface area contributed by atoms with Gasteiger partial charge in [-0.05, 0) is 19.8 Å². The molecule has 0 aliphatic carbocycles. The highest BCUT2D eigenvalue weighted by Crippen LogP contribution is 2.25. The maximum absolute atomic E-state index is 11.4. The van der Waals surface area contributed by atoms with E-state index < -0.39 is 5.97 Å². The van der Waals surface area contributed by atoms with Gasteiger partial charge >= 0.3 is 5.97 Å². The second-order valence-corrected chi connectivity index (χ2v) is 5.31. The molecule has 1 N–H and O–H groups in total. The van der Waals surface area contributed by atoms with E-state index in [-0.39, 0.29) is 17.9 Å². The summed E-state index contributed by atoms with van der Waals surface area (Å²) in [5.74, 6) is -1.10. The molecule has 2 aromatic rings. The van der Waals surface area contributed by atoms with Gasteiger partial charge in [-0.3, -0.25) is 0 Å². The first-order chi connectivity index (χ1) is 10.1. The predicted octanol–water partition coefficient (Wildman–Crippen LogP) is 0.944. The Morgan fingerprint density at radius 2 is 2.33 bits per heavy atom. The Morgan fingerprint density at radius 3 is 2.90 bits per heavy atom. The van der Waals surface area contributed by atoms with Gasteiger partial charge in [0.2, 0.25) is 0 Å². The van der Waals surface area contributed by atoms with Gasteiger partial charge in [0.1, 0.15) is 5.69 Å². The highest BCUT2D eigenvalue weighted by atomic mass is 16.5. The van der Waals surface area contributed by atoms with Crippen LogP contribution in [0.3, 0.4) is 0 Å². The summed E-state index contributed by atoms with van der Waals surface area (Å²) >= 11 is 0. The van der Waals surface area contributed by atoms with Crippen LogP contribution in [0.15, 0.2) is 12.5 Å². The second-order valence-electron chi connectivity index (χ2n) is 5.31. The molecule has 0 aromatic carbocycles. The van der Waals surface area contributed by atoms with E-state index in [1.54, 1.807) is 28.8 Å². The molecule has 1 aliphatic rings. The van der Waals surface area contributed by atoms with Gasteiger partial charge in [0, 0.05) is 7.05 Å². The minimum atomic E-state index is -1.10. The van der Waals surface area contributed by atoms with E-state index in [0.29, 0.717) is 17.9 Å². The normalized spacial score (nSPS) is 21.8. The summed E-state index contributed by atoms with van der Waals surface area (Å²) < 4.78 is 9.13. The number of hydrogen-bond donors (Lipinski definition) is 1. The Labute approximate surface area is 121 Å². The van der Waals surface area contributed by atoms with E-state index in [9.17, 15) is 9.90 Å². The maximum Gasteiger partial charge on any atom is 0.358 e. The van der Waals surface area contributed by atoms with Gasteiger partial charge in [-0.25, -0.2) is 14.5 Å². The zero-order chi connectivity index (χ0) is 15.0. The van der Waals surface area contributed by atoms with E-state index in [1.807, 2.05) is 6.92 Å². The largest absolute Gasteiger partial charge is 0.476 e. The molecule has 1 saturated heterocycles. The van der Waals surface area contributed by atoms with E-state index in [2.05, 4.69) is 15.3 Å². The van der Waals surface area contributed by atoms with Crippen molar-refractivity contribution in [3.63, 3.8) is 0 Å². The van der Waals surface area contributed by atoms with Crippen LogP contribution in [0.1, 0.15) is 30.3 Å². The SMILES string of the molecule is CC1CCC(Cn2nnc(C(=O)O)c2-c2cncn2C)O1. The van der Waals surface area contributed by atoms with Crippen molar-refractivity contribution in [2.45, 2.75) is 38.5 Å². The molecule has 2 aromatic heterocycles. The smallest absolute Gasteiger partial charge is 0.358 e. The molecule has 8 nitrogen and oxygen atoms in total. The van der Waals surface area contributed by atoms with Crippen LogP contribution in [0, 0.1) is 0 Å². The first-order valence-electron chi connectivity index (χ1n) is 6.85. The van der Waals surface area contributed by atoms with Crippen molar-refractivity contribution in [1.82, 2.24) is 24.5 Å². The number of imidazole rings is 1. The van der Waals surface area contributed by atoms with Crippen LogP contribution in [0.2, 0.25) is 0 Å². The molecule has 1 fully saturated rings. The summed E-state index contributed by atoms with van der Waals surface area (Å²) in [4.78, 5) is 15.4. The zero-order valence-corrected chi connectivity index (χ0v) is 11.9. The van der Waals surface area contributed by atoms with Gasteiger partial charge in [-0.1, -0.05) is 5.21 Å². The monoisotopic (exact) mass is 291 g/mol. The van der Waals surface area contributed by atoms with Gasteiger partial charge in [0.15, 0.2) is 5.69 Å². The molecule has 21 heavy (non-hydrogen) atoms. The second kappa shape index (κ2) is 5.28. The van der Waals surface area contributed by atoms with E-state index in [1.165, 1.54) is 0 Å². The number of aromatic nitrogens is 5. The molecule has 0 saturated carbocycles. The third-order valence-corrected chi connectivity index (χ3v) is 3.69. The van der Waals surface area contributed by atoms with Crippen molar-refractivity contribution in [1.29, 1.82) is 0 Å². The quantitative estimate of drug-likeness (QED) is 0.901. The lowest BCUT2D eigenvalue weighted by Crippen LogP contribution is -2.19. The van der Waals surface area contributed by atoms with Crippen LogP contribution in [-0.2, 0) is 18.3 Å². The summed E-state index contributed by atoms with van der Waals surface area (Å²) in [6, 6.07) is 0. The molecule has 0 amide bonds. The summed E-state index contributed by atoms with van der Waals surface area (Å²) in [7, 11) is 1.81. The fourth-order valence-electron chi connectivity index (χ4n) is 2.64.